The van der Waals surface area contributed by atoms with E-state index in [0.717, 1.165) is 11.3 Å². The highest BCUT2D eigenvalue weighted by atomic mass is 16.1. The SMILES string of the molecule is Cc1cccc(CN(CC(N)=O)Cc2ccc(N)cc2)c1. The van der Waals surface area contributed by atoms with Crippen molar-refractivity contribution in [2.45, 2.75) is 20.0 Å². The van der Waals surface area contributed by atoms with E-state index < -0.39 is 0 Å². The zero-order valence-electron chi connectivity index (χ0n) is 12.3. The largest absolute Gasteiger partial charge is 0.399 e. The van der Waals surface area contributed by atoms with Gasteiger partial charge in [-0.05, 0) is 30.2 Å². The topological polar surface area (TPSA) is 72.3 Å². The van der Waals surface area contributed by atoms with Gasteiger partial charge in [0.25, 0.3) is 0 Å². The first-order valence-corrected chi connectivity index (χ1v) is 6.93. The third-order valence-electron chi connectivity index (χ3n) is 3.25. The Morgan fingerprint density at radius 2 is 1.71 bits per heavy atom. The molecule has 4 nitrogen and oxygen atoms in total. The molecule has 2 aromatic rings. The number of anilines is 1. The first-order chi connectivity index (χ1) is 10.0. The van der Waals surface area contributed by atoms with Crippen LogP contribution in [-0.4, -0.2) is 17.4 Å². The van der Waals surface area contributed by atoms with Crippen LogP contribution in [0.15, 0.2) is 48.5 Å². The fourth-order valence-corrected chi connectivity index (χ4v) is 2.34. The highest BCUT2D eigenvalue weighted by molar-refractivity contribution is 5.75. The van der Waals surface area contributed by atoms with Gasteiger partial charge in [0.05, 0.1) is 6.54 Å². The van der Waals surface area contributed by atoms with E-state index in [4.69, 9.17) is 11.5 Å². The molecule has 0 aliphatic rings. The monoisotopic (exact) mass is 283 g/mol. The highest BCUT2D eigenvalue weighted by Gasteiger charge is 2.10. The minimum atomic E-state index is -0.321. The summed E-state index contributed by atoms with van der Waals surface area (Å²) in [5, 5.41) is 0. The van der Waals surface area contributed by atoms with Gasteiger partial charge in [0.15, 0.2) is 0 Å². The van der Waals surface area contributed by atoms with Crippen molar-refractivity contribution >= 4 is 11.6 Å². The van der Waals surface area contributed by atoms with E-state index in [0.29, 0.717) is 13.1 Å². The second-order valence-corrected chi connectivity index (χ2v) is 5.34. The molecule has 110 valence electrons. The molecular formula is C17H21N3O. The molecule has 2 rings (SSSR count). The maximum absolute atomic E-state index is 11.3. The maximum atomic E-state index is 11.3. The molecule has 0 unspecified atom stereocenters. The zero-order valence-corrected chi connectivity index (χ0v) is 12.3. The first-order valence-electron chi connectivity index (χ1n) is 6.93. The van der Waals surface area contributed by atoms with Gasteiger partial charge in [0, 0.05) is 18.8 Å². The summed E-state index contributed by atoms with van der Waals surface area (Å²) in [5.74, 6) is -0.321. The van der Waals surface area contributed by atoms with Crippen LogP contribution in [0.4, 0.5) is 5.69 Å². The molecular weight excluding hydrogens is 262 g/mol. The fourth-order valence-electron chi connectivity index (χ4n) is 2.34. The summed E-state index contributed by atoms with van der Waals surface area (Å²) in [6, 6.07) is 15.9. The number of nitrogens with two attached hydrogens (primary N) is 2. The van der Waals surface area contributed by atoms with Crippen molar-refractivity contribution in [1.29, 1.82) is 0 Å². The second-order valence-electron chi connectivity index (χ2n) is 5.34. The Hall–Kier alpha value is -2.33. The van der Waals surface area contributed by atoms with Crippen LogP contribution in [0.3, 0.4) is 0 Å². The molecule has 4 N–H and O–H groups in total. The van der Waals surface area contributed by atoms with Gasteiger partial charge in [-0.3, -0.25) is 9.69 Å². The van der Waals surface area contributed by atoms with Gasteiger partial charge in [-0.15, -0.1) is 0 Å². The van der Waals surface area contributed by atoms with E-state index >= 15 is 0 Å². The van der Waals surface area contributed by atoms with Gasteiger partial charge in [-0.1, -0.05) is 42.0 Å². The number of hydrogen-bond donors (Lipinski definition) is 2. The number of carbonyl (C=O) groups excluding carboxylic acids is 1. The average Bonchev–Trinajstić information content (AvgIpc) is 2.40. The number of carbonyl (C=O) groups is 1. The second kappa shape index (κ2) is 6.90. The lowest BCUT2D eigenvalue weighted by molar-refractivity contribution is -0.119. The first kappa shape index (κ1) is 15.1. The molecule has 0 spiro atoms. The van der Waals surface area contributed by atoms with Gasteiger partial charge in [0.2, 0.25) is 5.91 Å². The molecule has 0 aromatic heterocycles. The molecule has 1 amide bonds. The van der Waals surface area contributed by atoms with Crippen molar-refractivity contribution < 1.29 is 4.79 Å². The van der Waals surface area contributed by atoms with Crippen LogP contribution in [-0.2, 0) is 17.9 Å². The van der Waals surface area contributed by atoms with E-state index in [-0.39, 0.29) is 12.5 Å². The van der Waals surface area contributed by atoms with Crippen LogP contribution in [0, 0.1) is 6.92 Å². The van der Waals surface area contributed by atoms with E-state index in [1.54, 1.807) is 0 Å². The zero-order chi connectivity index (χ0) is 15.2. The molecule has 21 heavy (non-hydrogen) atoms. The minimum absolute atomic E-state index is 0.234. The molecule has 0 heterocycles. The number of amides is 1. The number of nitrogens with zero attached hydrogens (tertiary/aromatic N) is 1. The summed E-state index contributed by atoms with van der Waals surface area (Å²) < 4.78 is 0. The molecule has 0 saturated carbocycles. The molecule has 0 radical (unpaired) electrons. The molecule has 0 aliphatic carbocycles. The lowest BCUT2D eigenvalue weighted by Gasteiger charge is -2.21. The predicted octanol–water partition coefficient (Wildman–Crippen LogP) is 2.06. The van der Waals surface area contributed by atoms with Gasteiger partial charge in [0.1, 0.15) is 0 Å². The maximum Gasteiger partial charge on any atom is 0.231 e. The lowest BCUT2D eigenvalue weighted by Crippen LogP contribution is -2.33. The average molecular weight is 283 g/mol. The summed E-state index contributed by atoms with van der Waals surface area (Å²) in [6.07, 6.45) is 0. The van der Waals surface area contributed by atoms with Gasteiger partial charge in [-0.25, -0.2) is 0 Å². The Bertz CT molecular complexity index is 608. The van der Waals surface area contributed by atoms with Gasteiger partial charge >= 0.3 is 0 Å². The summed E-state index contributed by atoms with van der Waals surface area (Å²) in [7, 11) is 0. The Morgan fingerprint density at radius 1 is 1.05 bits per heavy atom. The molecule has 4 heteroatoms. The van der Waals surface area contributed by atoms with Crippen molar-refractivity contribution in [2.24, 2.45) is 5.73 Å². The van der Waals surface area contributed by atoms with E-state index in [2.05, 4.69) is 25.1 Å². The Kier molecular flexibility index (Phi) is 4.95. The van der Waals surface area contributed by atoms with Gasteiger partial charge in [-0.2, -0.15) is 0 Å². The number of hydrogen-bond acceptors (Lipinski definition) is 3. The number of nitrogen functional groups attached to an aromatic ring is 1. The Balaban J connectivity index is 2.10. The van der Waals surface area contributed by atoms with Crippen molar-refractivity contribution in [3.8, 4) is 0 Å². The van der Waals surface area contributed by atoms with E-state index in [9.17, 15) is 4.79 Å². The summed E-state index contributed by atoms with van der Waals surface area (Å²) in [5.41, 5.74) is 15.3. The Labute approximate surface area is 125 Å². The van der Waals surface area contributed by atoms with Crippen molar-refractivity contribution in [2.75, 3.05) is 12.3 Å². The summed E-state index contributed by atoms with van der Waals surface area (Å²) in [4.78, 5) is 13.3. The Morgan fingerprint density at radius 3 is 2.33 bits per heavy atom. The molecule has 2 aromatic carbocycles. The van der Waals surface area contributed by atoms with Crippen LogP contribution >= 0.6 is 0 Å². The van der Waals surface area contributed by atoms with Crippen molar-refractivity contribution in [3.63, 3.8) is 0 Å². The number of benzene rings is 2. The fraction of sp³-hybridized carbons (Fsp3) is 0.235. The molecule has 0 atom stereocenters. The van der Waals surface area contributed by atoms with Crippen LogP contribution in [0.5, 0.6) is 0 Å². The standard InChI is InChI=1S/C17H21N3O/c1-13-3-2-4-15(9-13)11-20(12-17(19)21)10-14-5-7-16(18)8-6-14/h2-9H,10-12,18H2,1H3,(H2,19,21). The quantitative estimate of drug-likeness (QED) is 0.797. The van der Waals surface area contributed by atoms with Crippen LogP contribution < -0.4 is 11.5 Å². The van der Waals surface area contributed by atoms with Crippen LogP contribution in [0.2, 0.25) is 0 Å². The van der Waals surface area contributed by atoms with Gasteiger partial charge < -0.3 is 11.5 Å². The molecule has 0 bridgehead atoms. The molecule has 0 aliphatic heterocycles. The smallest absolute Gasteiger partial charge is 0.231 e. The van der Waals surface area contributed by atoms with Crippen LogP contribution in [0.1, 0.15) is 16.7 Å². The normalized spacial score (nSPS) is 10.8. The van der Waals surface area contributed by atoms with E-state index in [1.165, 1.54) is 11.1 Å². The third-order valence-corrected chi connectivity index (χ3v) is 3.25. The molecule has 0 fully saturated rings. The third kappa shape index (κ3) is 4.93. The highest BCUT2D eigenvalue weighted by Crippen LogP contribution is 2.12. The lowest BCUT2D eigenvalue weighted by atomic mass is 10.1. The number of rotatable bonds is 6. The predicted molar refractivity (Wildman–Crippen MR) is 85.3 cm³/mol. The molecule has 0 saturated heterocycles. The van der Waals surface area contributed by atoms with Crippen LogP contribution in [0.25, 0.3) is 0 Å². The summed E-state index contributed by atoms with van der Waals surface area (Å²) >= 11 is 0. The number of primary amides is 1. The minimum Gasteiger partial charge on any atom is -0.399 e. The van der Waals surface area contributed by atoms with E-state index in [1.807, 2.05) is 35.2 Å². The summed E-state index contributed by atoms with van der Waals surface area (Å²) in [6.45, 7) is 3.65. The van der Waals surface area contributed by atoms with Crippen molar-refractivity contribution in [3.05, 3.63) is 65.2 Å². The van der Waals surface area contributed by atoms with Crippen molar-refractivity contribution in [1.82, 2.24) is 4.90 Å². The number of aryl methyl sites for hydroxylation is 1.